The highest BCUT2D eigenvalue weighted by molar-refractivity contribution is 5.69. The number of hydrogen-bond donors (Lipinski definition) is 0. The van der Waals surface area contributed by atoms with Crippen LogP contribution < -0.4 is 0 Å². The third-order valence-corrected chi connectivity index (χ3v) is 1.06. The molecule has 3 heteroatoms. The molecule has 0 saturated carbocycles. The Balaban J connectivity index is 2.95. The Kier molecular flexibility index (Phi) is 0.773. The van der Waals surface area contributed by atoms with Gasteiger partial charge < -0.3 is 4.42 Å². The van der Waals surface area contributed by atoms with E-state index in [-0.39, 0.29) is 0 Å². The largest absolute Gasteiger partial charge is 0.443 e. The van der Waals surface area contributed by atoms with Crippen molar-refractivity contribution in [2.24, 2.45) is 0 Å². The van der Waals surface area contributed by atoms with Gasteiger partial charge in [0.05, 0.1) is 12.3 Å². The molecule has 0 atom stereocenters. The molecule has 0 fully saturated rings. The van der Waals surface area contributed by atoms with Crippen LogP contribution in [0.5, 0.6) is 0 Å². The smallest absolute Gasteiger partial charge is 0.182 e. The summed E-state index contributed by atoms with van der Waals surface area (Å²) in [5.74, 6) is 0. The van der Waals surface area contributed by atoms with Crippen molar-refractivity contribution in [2.75, 3.05) is 0 Å². The van der Waals surface area contributed by atoms with Gasteiger partial charge in [0.25, 0.3) is 0 Å². The van der Waals surface area contributed by atoms with Crippen molar-refractivity contribution >= 4 is 11.1 Å². The molecule has 0 aromatic carbocycles. The molecule has 0 spiro atoms. The second-order valence-corrected chi connectivity index (χ2v) is 1.62. The molecular weight excluding hydrogens is 116 g/mol. The summed E-state index contributed by atoms with van der Waals surface area (Å²) in [6, 6.07) is 2.79. The quantitative estimate of drug-likeness (QED) is 0.519. The summed E-state index contributed by atoms with van der Waals surface area (Å²) in [6.07, 6.45) is 4.56. The van der Waals surface area contributed by atoms with Crippen molar-refractivity contribution in [3.05, 3.63) is 24.9 Å². The third kappa shape index (κ3) is 0.579. The third-order valence-electron chi connectivity index (χ3n) is 1.06. The lowest BCUT2D eigenvalue weighted by Crippen LogP contribution is -1.68. The number of pyridine rings is 1. The lowest BCUT2D eigenvalue weighted by molar-refractivity contribution is 0.601. The number of rotatable bonds is 0. The number of oxazole rings is 1. The van der Waals surface area contributed by atoms with Gasteiger partial charge in [-0.1, -0.05) is 0 Å². The van der Waals surface area contributed by atoms with Gasteiger partial charge in [0.2, 0.25) is 0 Å². The number of hydrogen-bond acceptors (Lipinski definition) is 3. The lowest BCUT2D eigenvalue weighted by atomic mass is 10.4. The van der Waals surface area contributed by atoms with Crippen molar-refractivity contribution in [1.82, 2.24) is 9.97 Å². The average molecular weight is 119 g/mol. The van der Waals surface area contributed by atoms with Gasteiger partial charge in [0, 0.05) is 6.20 Å². The molecule has 1 radical (unpaired) electrons. The molecule has 2 aromatic heterocycles. The monoisotopic (exact) mass is 119 g/mol. The molecule has 2 rings (SSSR count). The van der Waals surface area contributed by atoms with E-state index in [1.807, 2.05) is 0 Å². The maximum Gasteiger partial charge on any atom is 0.182 e. The molecular formula is C6H3N2O. The fourth-order valence-corrected chi connectivity index (χ4v) is 0.659. The van der Waals surface area contributed by atoms with E-state index in [9.17, 15) is 0 Å². The lowest BCUT2D eigenvalue weighted by Gasteiger charge is -1.78. The highest BCUT2D eigenvalue weighted by Gasteiger charge is 1.93. The van der Waals surface area contributed by atoms with Gasteiger partial charge in [-0.2, -0.15) is 0 Å². The van der Waals surface area contributed by atoms with Crippen LogP contribution >= 0.6 is 0 Å². The van der Waals surface area contributed by atoms with Gasteiger partial charge in [0.1, 0.15) is 5.52 Å². The number of aromatic nitrogens is 2. The minimum absolute atomic E-state index is 0.657. The van der Waals surface area contributed by atoms with Crippen molar-refractivity contribution in [2.45, 2.75) is 0 Å². The molecule has 0 unspecified atom stereocenters. The molecule has 3 nitrogen and oxygen atoms in total. The van der Waals surface area contributed by atoms with Crippen LogP contribution in [0.1, 0.15) is 0 Å². The summed E-state index contributed by atoms with van der Waals surface area (Å²) in [5.41, 5.74) is 1.41. The van der Waals surface area contributed by atoms with Crippen LogP contribution in [0.25, 0.3) is 11.1 Å². The zero-order valence-corrected chi connectivity index (χ0v) is 4.53. The molecule has 43 valence electrons. The molecule has 0 aliphatic heterocycles. The van der Waals surface area contributed by atoms with Crippen LogP contribution in [-0.4, -0.2) is 9.97 Å². The molecule has 2 aromatic rings. The summed E-state index contributed by atoms with van der Waals surface area (Å²) in [4.78, 5) is 7.67. The average Bonchev–Trinajstić information content (AvgIpc) is 2.33. The Bertz CT molecular complexity index is 285. The fraction of sp³-hybridized carbons (Fsp3) is 0. The first-order valence-corrected chi connectivity index (χ1v) is 2.52. The van der Waals surface area contributed by atoms with Gasteiger partial charge in [0.15, 0.2) is 12.0 Å². The molecule has 0 bridgehead atoms. The summed E-state index contributed by atoms with van der Waals surface area (Å²) < 4.78 is 4.91. The Morgan fingerprint density at radius 1 is 1.56 bits per heavy atom. The van der Waals surface area contributed by atoms with Gasteiger partial charge in [-0.25, -0.2) is 4.98 Å². The van der Waals surface area contributed by atoms with E-state index in [0.717, 1.165) is 5.52 Å². The second kappa shape index (κ2) is 1.55. The van der Waals surface area contributed by atoms with Gasteiger partial charge in [-0.3, -0.25) is 4.98 Å². The second-order valence-electron chi connectivity index (χ2n) is 1.62. The van der Waals surface area contributed by atoms with Crippen molar-refractivity contribution in [1.29, 1.82) is 0 Å². The van der Waals surface area contributed by atoms with Crippen LogP contribution in [0.2, 0.25) is 0 Å². The van der Waals surface area contributed by atoms with Gasteiger partial charge >= 0.3 is 0 Å². The van der Waals surface area contributed by atoms with E-state index in [1.54, 1.807) is 12.4 Å². The highest BCUT2D eigenvalue weighted by Crippen LogP contribution is 2.06. The summed E-state index contributed by atoms with van der Waals surface area (Å²) in [7, 11) is 0. The first-order chi connectivity index (χ1) is 4.47. The van der Waals surface area contributed by atoms with Crippen molar-refractivity contribution in [3.8, 4) is 0 Å². The first-order valence-electron chi connectivity index (χ1n) is 2.52. The zero-order valence-electron chi connectivity index (χ0n) is 4.53. The van der Waals surface area contributed by atoms with E-state index in [4.69, 9.17) is 4.42 Å². The normalized spacial score (nSPS) is 10.2. The van der Waals surface area contributed by atoms with Gasteiger partial charge in [-0.15, -0.1) is 0 Å². The van der Waals surface area contributed by atoms with Crippen LogP contribution in [0.4, 0.5) is 0 Å². The number of fused-ring (bicyclic) bond motifs is 1. The molecule has 9 heavy (non-hydrogen) atoms. The molecule has 0 saturated heterocycles. The van der Waals surface area contributed by atoms with Crippen LogP contribution in [0.3, 0.4) is 0 Å². The Hall–Kier alpha value is -1.38. The zero-order chi connectivity index (χ0) is 6.10. The predicted octanol–water partition coefficient (Wildman–Crippen LogP) is 1.02. The van der Waals surface area contributed by atoms with Gasteiger partial charge in [-0.05, 0) is 0 Å². The van der Waals surface area contributed by atoms with Crippen molar-refractivity contribution < 1.29 is 4.42 Å². The van der Waals surface area contributed by atoms with Crippen LogP contribution in [0.15, 0.2) is 23.2 Å². The first kappa shape index (κ1) is 4.49. The highest BCUT2D eigenvalue weighted by atomic mass is 16.3. The molecule has 0 aliphatic carbocycles. The molecule has 0 N–H and O–H groups in total. The van der Waals surface area contributed by atoms with E-state index in [0.29, 0.717) is 5.58 Å². The Morgan fingerprint density at radius 3 is 3.44 bits per heavy atom. The van der Waals surface area contributed by atoms with Crippen molar-refractivity contribution in [3.63, 3.8) is 0 Å². The topological polar surface area (TPSA) is 38.9 Å². The Labute approximate surface area is 51.3 Å². The SMILES string of the molecule is [c]1cncc2ncoc12. The summed E-state index contributed by atoms with van der Waals surface area (Å²) in [5, 5.41) is 0. The van der Waals surface area contributed by atoms with Crippen LogP contribution in [-0.2, 0) is 0 Å². The molecule has 0 aliphatic rings. The van der Waals surface area contributed by atoms with E-state index in [1.165, 1.54) is 6.39 Å². The minimum Gasteiger partial charge on any atom is -0.443 e. The number of nitrogens with zero attached hydrogens (tertiary/aromatic N) is 2. The summed E-state index contributed by atoms with van der Waals surface area (Å²) in [6.45, 7) is 0. The predicted molar refractivity (Wildman–Crippen MR) is 30.6 cm³/mol. The van der Waals surface area contributed by atoms with Crippen LogP contribution in [0, 0.1) is 6.07 Å². The minimum atomic E-state index is 0.657. The Morgan fingerprint density at radius 2 is 2.56 bits per heavy atom. The molecule has 2 heterocycles. The standard InChI is InChI=1S/C6H3N2O/c1-2-7-3-5-6(1)9-4-8-5/h2-4H. The van der Waals surface area contributed by atoms with E-state index < -0.39 is 0 Å². The summed E-state index contributed by atoms with van der Waals surface area (Å²) >= 11 is 0. The maximum atomic E-state index is 4.91. The fourth-order valence-electron chi connectivity index (χ4n) is 0.659. The van der Waals surface area contributed by atoms with E-state index in [2.05, 4.69) is 16.0 Å². The van der Waals surface area contributed by atoms with E-state index >= 15 is 0 Å². The molecule has 0 amide bonds. The maximum absolute atomic E-state index is 4.91.